The summed E-state index contributed by atoms with van der Waals surface area (Å²) in [5.74, 6) is -0.900. The molecule has 1 aromatic heterocycles. The van der Waals surface area contributed by atoms with Crippen LogP contribution in [0.5, 0.6) is 0 Å². The molecule has 0 aliphatic heterocycles. The normalized spacial score (nSPS) is 15.0. The van der Waals surface area contributed by atoms with Crippen molar-refractivity contribution in [1.82, 2.24) is 10.0 Å². The van der Waals surface area contributed by atoms with E-state index >= 15 is 0 Å². The fraction of sp³-hybridized carbons (Fsp3) is 0.368. The van der Waals surface area contributed by atoms with Crippen LogP contribution in [0.25, 0.3) is 0 Å². The maximum atomic E-state index is 12.6. The molecule has 1 aliphatic carbocycles. The first kappa shape index (κ1) is 20.5. The van der Waals surface area contributed by atoms with E-state index in [2.05, 4.69) is 10.0 Å². The van der Waals surface area contributed by atoms with E-state index in [1.807, 2.05) is 6.07 Å². The molecule has 150 valence electrons. The van der Waals surface area contributed by atoms with Crippen molar-refractivity contribution < 1.29 is 22.7 Å². The number of carbonyl (C=O) groups excluding carboxylic acids is 2. The Labute approximate surface area is 168 Å². The van der Waals surface area contributed by atoms with Crippen molar-refractivity contribution in [2.24, 2.45) is 0 Å². The first-order valence-corrected chi connectivity index (χ1v) is 11.6. The van der Waals surface area contributed by atoms with Crippen LogP contribution in [0.4, 0.5) is 0 Å². The number of hydrogen-bond donors (Lipinski definition) is 2. The van der Waals surface area contributed by atoms with Gasteiger partial charge in [-0.2, -0.15) is 0 Å². The highest BCUT2D eigenvalue weighted by molar-refractivity contribution is 7.88. The molecule has 3 rings (SSSR count). The molecule has 28 heavy (non-hydrogen) atoms. The zero-order valence-electron chi connectivity index (χ0n) is 15.4. The van der Waals surface area contributed by atoms with Gasteiger partial charge in [-0.25, -0.2) is 17.9 Å². The van der Waals surface area contributed by atoms with Gasteiger partial charge in [0.25, 0.3) is 5.91 Å². The number of benzene rings is 1. The fourth-order valence-corrected chi connectivity index (χ4v) is 3.92. The molecule has 7 nitrogen and oxygen atoms in total. The number of ether oxygens (including phenoxy) is 1. The SMILES string of the molecule is CS(=O)(=O)NCCc1ccc(C(=O)O[C@H](C(=O)NC2CC2)c2ccccc2)s1. The van der Waals surface area contributed by atoms with Gasteiger partial charge < -0.3 is 10.1 Å². The average molecular weight is 423 g/mol. The summed E-state index contributed by atoms with van der Waals surface area (Å²) >= 11 is 1.23. The number of rotatable bonds is 9. The van der Waals surface area contributed by atoms with Crippen molar-refractivity contribution in [3.05, 3.63) is 57.8 Å². The third-order valence-electron chi connectivity index (χ3n) is 4.09. The zero-order valence-corrected chi connectivity index (χ0v) is 17.0. The molecule has 0 saturated heterocycles. The Hall–Kier alpha value is -2.23. The molecule has 1 saturated carbocycles. The van der Waals surface area contributed by atoms with Crippen LogP contribution in [-0.4, -0.2) is 39.1 Å². The minimum absolute atomic E-state index is 0.160. The fourth-order valence-electron chi connectivity index (χ4n) is 2.55. The maximum absolute atomic E-state index is 12.6. The van der Waals surface area contributed by atoms with Gasteiger partial charge in [-0.1, -0.05) is 30.3 Å². The Bertz CT molecular complexity index is 936. The monoisotopic (exact) mass is 422 g/mol. The van der Waals surface area contributed by atoms with Crippen LogP contribution < -0.4 is 10.0 Å². The van der Waals surface area contributed by atoms with E-state index in [1.165, 1.54) is 11.3 Å². The van der Waals surface area contributed by atoms with E-state index in [0.717, 1.165) is 24.0 Å². The number of thiophene rings is 1. The predicted molar refractivity (Wildman–Crippen MR) is 107 cm³/mol. The van der Waals surface area contributed by atoms with Gasteiger partial charge in [0.1, 0.15) is 4.88 Å². The number of carbonyl (C=O) groups is 2. The third kappa shape index (κ3) is 6.15. The molecule has 0 bridgehead atoms. The van der Waals surface area contributed by atoms with Crippen LogP contribution >= 0.6 is 11.3 Å². The highest BCUT2D eigenvalue weighted by Crippen LogP contribution is 2.25. The molecule has 1 heterocycles. The Morgan fingerprint density at radius 2 is 1.89 bits per heavy atom. The van der Waals surface area contributed by atoms with Gasteiger partial charge in [0, 0.05) is 23.0 Å². The van der Waals surface area contributed by atoms with Crippen molar-refractivity contribution in [3.8, 4) is 0 Å². The smallest absolute Gasteiger partial charge is 0.349 e. The number of sulfonamides is 1. The second-order valence-corrected chi connectivity index (χ2v) is 9.66. The van der Waals surface area contributed by atoms with E-state index in [-0.39, 0.29) is 18.5 Å². The third-order valence-corrected chi connectivity index (χ3v) is 5.94. The minimum atomic E-state index is -3.25. The van der Waals surface area contributed by atoms with Gasteiger partial charge >= 0.3 is 5.97 Å². The average Bonchev–Trinajstić information content (AvgIpc) is 3.33. The summed E-state index contributed by atoms with van der Waals surface area (Å²) < 4.78 is 30.2. The molecule has 1 atom stereocenters. The number of hydrogen-bond acceptors (Lipinski definition) is 6. The first-order valence-electron chi connectivity index (χ1n) is 8.91. The molecule has 1 fully saturated rings. The lowest BCUT2D eigenvalue weighted by atomic mass is 10.1. The number of esters is 1. The van der Waals surface area contributed by atoms with Crippen molar-refractivity contribution in [2.45, 2.75) is 31.4 Å². The molecule has 0 spiro atoms. The van der Waals surface area contributed by atoms with Gasteiger partial charge in [0.15, 0.2) is 0 Å². The second-order valence-electron chi connectivity index (χ2n) is 6.66. The molecule has 1 aromatic carbocycles. The Morgan fingerprint density at radius 3 is 2.54 bits per heavy atom. The largest absolute Gasteiger partial charge is 0.443 e. The van der Waals surface area contributed by atoms with E-state index < -0.39 is 22.1 Å². The molecule has 2 aromatic rings. The molecular weight excluding hydrogens is 400 g/mol. The molecular formula is C19H22N2O5S2. The van der Waals surface area contributed by atoms with E-state index in [9.17, 15) is 18.0 Å². The van der Waals surface area contributed by atoms with Crippen LogP contribution in [0.15, 0.2) is 42.5 Å². The lowest BCUT2D eigenvalue weighted by Gasteiger charge is -2.17. The van der Waals surface area contributed by atoms with Gasteiger partial charge in [-0.3, -0.25) is 4.79 Å². The Kier molecular flexibility index (Phi) is 6.48. The number of amides is 1. The second kappa shape index (κ2) is 8.85. The van der Waals surface area contributed by atoms with Gasteiger partial charge in [-0.05, 0) is 31.4 Å². The summed E-state index contributed by atoms with van der Waals surface area (Å²) in [6.07, 6.45) is 2.44. The summed E-state index contributed by atoms with van der Waals surface area (Å²) in [5, 5.41) is 2.88. The molecule has 1 aliphatic rings. The lowest BCUT2D eigenvalue weighted by molar-refractivity contribution is -0.130. The first-order chi connectivity index (χ1) is 13.3. The van der Waals surface area contributed by atoms with Crippen LogP contribution in [-0.2, 0) is 26.0 Å². The summed E-state index contributed by atoms with van der Waals surface area (Å²) in [7, 11) is -3.25. The topological polar surface area (TPSA) is 102 Å². The standard InChI is InChI=1S/C19H22N2O5S2/c1-28(24,25)20-12-11-15-9-10-16(27-15)19(23)26-17(13-5-3-2-4-6-13)18(22)21-14-7-8-14/h2-6,9-10,14,17,20H,7-8,11-12H2,1H3,(H,21,22)/t17-/m0/s1. The van der Waals surface area contributed by atoms with Crippen LogP contribution in [0.1, 0.15) is 39.1 Å². The quantitative estimate of drug-likeness (QED) is 0.602. The lowest BCUT2D eigenvalue weighted by Crippen LogP contribution is -2.33. The van der Waals surface area contributed by atoms with Gasteiger partial charge in [0.2, 0.25) is 16.1 Å². The molecule has 2 N–H and O–H groups in total. The molecule has 0 unspecified atom stereocenters. The van der Waals surface area contributed by atoms with Gasteiger partial charge in [0.05, 0.1) is 6.26 Å². The minimum Gasteiger partial charge on any atom is -0.443 e. The van der Waals surface area contributed by atoms with Crippen LogP contribution in [0.3, 0.4) is 0 Å². The zero-order chi connectivity index (χ0) is 20.1. The van der Waals surface area contributed by atoms with Crippen molar-refractivity contribution in [3.63, 3.8) is 0 Å². The van der Waals surface area contributed by atoms with E-state index in [0.29, 0.717) is 16.9 Å². The van der Waals surface area contributed by atoms with E-state index in [1.54, 1.807) is 36.4 Å². The van der Waals surface area contributed by atoms with E-state index in [4.69, 9.17) is 4.74 Å². The molecule has 9 heteroatoms. The summed E-state index contributed by atoms with van der Waals surface area (Å²) in [6, 6.07) is 12.5. The highest BCUT2D eigenvalue weighted by atomic mass is 32.2. The Balaban J connectivity index is 1.65. The van der Waals surface area contributed by atoms with Gasteiger partial charge in [-0.15, -0.1) is 11.3 Å². The van der Waals surface area contributed by atoms with Crippen molar-refractivity contribution >= 4 is 33.2 Å². The van der Waals surface area contributed by atoms with Crippen LogP contribution in [0.2, 0.25) is 0 Å². The van der Waals surface area contributed by atoms with Crippen molar-refractivity contribution in [1.29, 1.82) is 0 Å². The molecule has 1 amide bonds. The summed E-state index contributed by atoms with van der Waals surface area (Å²) in [6.45, 7) is 0.254. The molecule has 0 radical (unpaired) electrons. The highest BCUT2D eigenvalue weighted by Gasteiger charge is 2.31. The van der Waals surface area contributed by atoms with Crippen molar-refractivity contribution in [2.75, 3.05) is 12.8 Å². The predicted octanol–water partition coefficient (Wildman–Crippen LogP) is 2.02. The summed E-state index contributed by atoms with van der Waals surface area (Å²) in [4.78, 5) is 26.3. The number of nitrogens with one attached hydrogen (secondary N) is 2. The maximum Gasteiger partial charge on any atom is 0.349 e. The Morgan fingerprint density at radius 1 is 1.18 bits per heavy atom. The summed E-state index contributed by atoms with van der Waals surface area (Å²) in [5.41, 5.74) is 0.614. The van der Waals surface area contributed by atoms with Crippen LogP contribution in [0, 0.1) is 0 Å².